The molecule has 1 aliphatic rings. The second-order valence-corrected chi connectivity index (χ2v) is 6.83. The summed E-state index contributed by atoms with van der Waals surface area (Å²) in [6.07, 6.45) is 10.2. The number of likely N-dealkylation sites (N-methyl/N-ethyl adjacent to an activating group) is 1. The molecule has 1 atom stereocenters. The van der Waals surface area contributed by atoms with E-state index in [-0.39, 0.29) is 18.1 Å². The number of likely N-dealkylation sites (tertiary alicyclic amines) is 1. The Hall–Kier alpha value is -0.900. The van der Waals surface area contributed by atoms with Crippen molar-refractivity contribution in [3.63, 3.8) is 0 Å². The summed E-state index contributed by atoms with van der Waals surface area (Å²) >= 11 is 0. The molecule has 1 fully saturated rings. The monoisotopic (exact) mass is 310 g/mol. The molecule has 0 N–H and O–H groups in total. The van der Waals surface area contributed by atoms with Gasteiger partial charge in [-0.3, -0.25) is 9.59 Å². The number of ketones is 1. The molecule has 1 saturated heterocycles. The fraction of sp³-hybridized carbons (Fsp3) is 0.889. The first kappa shape index (κ1) is 19.1. The Balaban J connectivity index is 2.08. The number of hydrogen-bond donors (Lipinski definition) is 0. The summed E-state index contributed by atoms with van der Waals surface area (Å²) in [6.45, 7) is 3.79. The Morgan fingerprint density at radius 3 is 2.27 bits per heavy atom. The summed E-state index contributed by atoms with van der Waals surface area (Å²) in [6, 6.07) is 0.446. The lowest BCUT2D eigenvalue weighted by Crippen LogP contribution is -2.35. The van der Waals surface area contributed by atoms with Gasteiger partial charge in [0, 0.05) is 25.6 Å². The normalized spacial score (nSPS) is 18.2. The van der Waals surface area contributed by atoms with E-state index in [9.17, 15) is 9.59 Å². The van der Waals surface area contributed by atoms with Crippen LogP contribution in [0.1, 0.15) is 71.1 Å². The molecule has 0 aromatic heterocycles. The maximum Gasteiger partial charge on any atom is 0.230 e. The minimum Gasteiger partial charge on any atom is -0.341 e. The Kier molecular flexibility index (Phi) is 9.37. The van der Waals surface area contributed by atoms with E-state index in [2.05, 4.69) is 11.8 Å². The van der Waals surface area contributed by atoms with Crippen LogP contribution in [0.15, 0.2) is 0 Å². The van der Waals surface area contributed by atoms with Crippen molar-refractivity contribution in [3.05, 3.63) is 0 Å². The van der Waals surface area contributed by atoms with Crippen molar-refractivity contribution in [1.82, 2.24) is 9.80 Å². The lowest BCUT2D eigenvalue weighted by Gasteiger charge is -2.20. The van der Waals surface area contributed by atoms with Gasteiger partial charge in [-0.05, 0) is 26.9 Å². The highest BCUT2D eigenvalue weighted by Gasteiger charge is 2.28. The highest BCUT2D eigenvalue weighted by atomic mass is 16.2. The molecule has 22 heavy (non-hydrogen) atoms. The van der Waals surface area contributed by atoms with Gasteiger partial charge >= 0.3 is 0 Å². The van der Waals surface area contributed by atoms with Crippen molar-refractivity contribution in [2.24, 2.45) is 0 Å². The number of carbonyl (C=O) groups excluding carboxylic acids is 2. The van der Waals surface area contributed by atoms with E-state index in [0.29, 0.717) is 12.5 Å². The molecule has 1 aliphatic heterocycles. The summed E-state index contributed by atoms with van der Waals surface area (Å²) in [4.78, 5) is 28.0. The first-order valence-electron chi connectivity index (χ1n) is 9.00. The fourth-order valence-electron chi connectivity index (χ4n) is 3.04. The van der Waals surface area contributed by atoms with E-state index in [1.807, 2.05) is 19.0 Å². The number of nitrogens with zero attached hydrogens (tertiary/aromatic N) is 2. The largest absolute Gasteiger partial charge is 0.341 e. The van der Waals surface area contributed by atoms with Crippen molar-refractivity contribution in [1.29, 1.82) is 0 Å². The highest BCUT2D eigenvalue weighted by molar-refractivity contribution is 5.98. The van der Waals surface area contributed by atoms with Crippen LogP contribution in [0.5, 0.6) is 0 Å². The molecule has 4 nitrogen and oxygen atoms in total. The molecule has 0 aromatic carbocycles. The first-order valence-corrected chi connectivity index (χ1v) is 9.00. The number of Topliss-reactive ketones (excluding diaryl/α,β-unsaturated/α-hetero) is 1. The number of rotatable bonds is 11. The zero-order valence-corrected chi connectivity index (χ0v) is 14.8. The smallest absolute Gasteiger partial charge is 0.230 e. The Bertz CT molecular complexity index is 342. The maximum absolute atomic E-state index is 12.1. The predicted octanol–water partition coefficient (Wildman–Crippen LogP) is 3.25. The van der Waals surface area contributed by atoms with Gasteiger partial charge in [-0.15, -0.1) is 0 Å². The second-order valence-electron chi connectivity index (χ2n) is 6.83. The van der Waals surface area contributed by atoms with Crippen LogP contribution in [0, 0.1) is 0 Å². The van der Waals surface area contributed by atoms with Gasteiger partial charge in [0.2, 0.25) is 5.91 Å². The van der Waals surface area contributed by atoms with Gasteiger partial charge in [0.25, 0.3) is 0 Å². The van der Waals surface area contributed by atoms with Gasteiger partial charge in [-0.1, -0.05) is 45.4 Å². The zero-order chi connectivity index (χ0) is 16.4. The molecular weight excluding hydrogens is 276 g/mol. The quantitative estimate of drug-likeness (QED) is 0.434. The summed E-state index contributed by atoms with van der Waals surface area (Å²) in [7, 11) is 4.09. The Morgan fingerprint density at radius 2 is 1.68 bits per heavy atom. The van der Waals surface area contributed by atoms with E-state index in [4.69, 9.17) is 0 Å². The van der Waals surface area contributed by atoms with E-state index in [1.165, 1.54) is 32.1 Å². The fourth-order valence-corrected chi connectivity index (χ4v) is 3.04. The van der Waals surface area contributed by atoms with Crippen molar-refractivity contribution in [2.75, 3.05) is 27.2 Å². The van der Waals surface area contributed by atoms with Gasteiger partial charge in [0.1, 0.15) is 5.78 Å². The molecule has 0 saturated carbocycles. The third-order valence-electron chi connectivity index (χ3n) is 4.65. The van der Waals surface area contributed by atoms with Crippen LogP contribution < -0.4 is 0 Å². The SMILES string of the molecule is CCCCCCCCCC(=O)CC(=O)N1CCC(N(C)C)C1. The molecule has 0 bridgehead atoms. The highest BCUT2D eigenvalue weighted by Crippen LogP contribution is 2.15. The zero-order valence-electron chi connectivity index (χ0n) is 14.8. The van der Waals surface area contributed by atoms with Crippen molar-refractivity contribution < 1.29 is 9.59 Å². The Labute approximate surface area is 136 Å². The van der Waals surface area contributed by atoms with Crippen LogP contribution in [0.3, 0.4) is 0 Å². The van der Waals surface area contributed by atoms with E-state index in [1.54, 1.807) is 0 Å². The lowest BCUT2D eigenvalue weighted by atomic mass is 10.1. The average Bonchev–Trinajstić information content (AvgIpc) is 2.96. The van der Waals surface area contributed by atoms with Crippen LogP contribution in [-0.2, 0) is 9.59 Å². The van der Waals surface area contributed by atoms with Crippen LogP contribution in [0.4, 0.5) is 0 Å². The molecule has 1 amide bonds. The van der Waals surface area contributed by atoms with Crippen LogP contribution in [0.25, 0.3) is 0 Å². The summed E-state index contributed by atoms with van der Waals surface area (Å²) < 4.78 is 0. The van der Waals surface area contributed by atoms with Gasteiger partial charge in [-0.2, -0.15) is 0 Å². The summed E-state index contributed by atoms with van der Waals surface area (Å²) in [5.74, 6) is 0.143. The standard InChI is InChI=1S/C18H34N2O2/c1-4-5-6-7-8-9-10-11-17(21)14-18(22)20-13-12-16(15-20)19(2)3/h16H,4-15H2,1-3H3. The molecule has 0 radical (unpaired) electrons. The molecule has 0 aliphatic carbocycles. The van der Waals surface area contributed by atoms with Crippen molar-refractivity contribution >= 4 is 11.7 Å². The van der Waals surface area contributed by atoms with E-state index < -0.39 is 0 Å². The minimum atomic E-state index is 0.0253. The van der Waals surface area contributed by atoms with Gasteiger partial charge in [-0.25, -0.2) is 0 Å². The van der Waals surface area contributed by atoms with Crippen molar-refractivity contribution in [2.45, 2.75) is 77.2 Å². The van der Waals surface area contributed by atoms with Crippen LogP contribution >= 0.6 is 0 Å². The molecule has 128 valence electrons. The summed E-state index contributed by atoms with van der Waals surface area (Å²) in [5, 5.41) is 0. The molecule has 1 rings (SSSR count). The minimum absolute atomic E-state index is 0.0253. The molecular formula is C18H34N2O2. The molecule has 1 heterocycles. The van der Waals surface area contributed by atoms with E-state index >= 15 is 0 Å². The van der Waals surface area contributed by atoms with Crippen LogP contribution in [0.2, 0.25) is 0 Å². The van der Waals surface area contributed by atoms with E-state index in [0.717, 1.165) is 32.4 Å². The third kappa shape index (κ3) is 7.39. The maximum atomic E-state index is 12.1. The van der Waals surface area contributed by atoms with Crippen LogP contribution in [-0.4, -0.2) is 54.7 Å². The topological polar surface area (TPSA) is 40.6 Å². The van der Waals surface area contributed by atoms with Gasteiger partial charge in [0.05, 0.1) is 6.42 Å². The Morgan fingerprint density at radius 1 is 1.05 bits per heavy atom. The molecule has 4 heteroatoms. The van der Waals surface area contributed by atoms with Crippen molar-refractivity contribution in [3.8, 4) is 0 Å². The number of unbranched alkanes of at least 4 members (excludes halogenated alkanes) is 6. The average molecular weight is 310 g/mol. The predicted molar refractivity (Wildman–Crippen MR) is 90.9 cm³/mol. The van der Waals surface area contributed by atoms with Gasteiger partial charge < -0.3 is 9.80 Å². The third-order valence-corrected chi connectivity index (χ3v) is 4.65. The first-order chi connectivity index (χ1) is 10.5. The second kappa shape index (κ2) is 10.8. The summed E-state index contributed by atoms with van der Waals surface area (Å²) in [5.41, 5.74) is 0. The number of amides is 1. The molecule has 1 unspecified atom stereocenters. The number of hydrogen-bond acceptors (Lipinski definition) is 3. The lowest BCUT2D eigenvalue weighted by molar-refractivity contribution is -0.134. The number of carbonyl (C=O) groups is 2. The molecule has 0 spiro atoms. The molecule has 0 aromatic rings. The van der Waals surface area contributed by atoms with Gasteiger partial charge in [0.15, 0.2) is 0 Å².